The quantitative estimate of drug-likeness (QED) is 0.254. The topological polar surface area (TPSA) is 76.1 Å². The first-order valence-corrected chi connectivity index (χ1v) is 8.13. The van der Waals surface area contributed by atoms with E-state index in [-0.39, 0.29) is 31.9 Å². The monoisotopic (exact) mass is 607 g/mol. The minimum Gasteiger partial charge on any atom is -0.493 e. The third-order valence-corrected chi connectivity index (χ3v) is 4.63. The average molecular weight is 606 g/mol. The normalized spacial score (nSPS) is 16.1. The molecule has 1 atom stereocenters. The van der Waals surface area contributed by atoms with E-state index in [0.29, 0.717) is 17.0 Å². The van der Waals surface area contributed by atoms with E-state index in [1.807, 2.05) is 28.7 Å². The van der Waals surface area contributed by atoms with Crippen molar-refractivity contribution >= 4 is 45.1 Å². The Morgan fingerprint density at radius 1 is 1.29 bits per heavy atom. The van der Waals surface area contributed by atoms with Crippen molar-refractivity contribution in [1.29, 1.82) is 0 Å². The minimum atomic E-state index is -0.601. The van der Waals surface area contributed by atoms with Gasteiger partial charge >= 0.3 is 0 Å². The van der Waals surface area contributed by atoms with Crippen LogP contribution >= 0.6 is 22.6 Å². The molecular weight excluding hydrogens is 595 g/mol. The zero-order chi connectivity index (χ0) is 16.1. The first kappa shape index (κ1) is 17.2. The summed E-state index contributed by atoms with van der Waals surface area (Å²) in [4.78, 5) is 26.9. The van der Waals surface area contributed by atoms with Crippen molar-refractivity contribution in [2.24, 2.45) is 7.05 Å². The second-order valence-corrected chi connectivity index (χ2v) is 6.39. The first-order valence-electron chi connectivity index (χ1n) is 6.89. The standard InChI is InChI=1S/C16H11IN3O3.Re/c1-20-7-10(8-5-6-18-12(8)16(20)22)9-3-2-4-11-13(9)23-14(17)15(21)19-11;/h3-7,14,18H,1H3,(H,19,21);/q-1;. The molecule has 1 radical (unpaired) electrons. The van der Waals surface area contributed by atoms with Gasteiger partial charge in [0.2, 0.25) is 4.11 Å². The van der Waals surface area contributed by atoms with Gasteiger partial charge in [0.15, 0.2) is 0 Å². The number of ether oxygens (including phenoxy) is 1. The number of fused-ring (bicyclic) bond motifs is 2. The van der Waals surface area contributed by atoms with Crippen molar-refractivity contribution in [3.63, 3.8) is 0 Å². The zero-order valence-electron chi connectivity index (χ0n) is 12.4. The molecule has 8 heteroatoms. The summed E-state index contributed by atoms with van der Waals surface area (Å²) in [6.07, 6.45) is 3.50. The number of amides is 1. The second-order valence-electron chi connectivity index (χ2n) is 5.26. The van der Waals surface area contributed by atoms with Crippen LogP contribution in [0.1, 0.15) is 0 Å². The van der Waals surface area contributed by atoms with E-state index in [9.17, 15) is 9.59 Å². The molecule has 6 nitrogen and oxygen atoms in total. The molecule has 4 rings (SSSR count). The number of rotatable bonds is 1. The Bertz CT molecular complexity index is 1010. The molecule has 0 saturated heterocycles. The molecule has 2 aromatic heterocycles. The molecule has 1 aliphatic heterocycles. The number of aromatic nitrogens is 2. The molecule has 1 aliphatic rings. The number of alkyl halides is 1. The Morgan fingerprint density at radius 3 is 2.88 bits per heavy atom. The summed E-state index contributed by atoms with van der Waals surface area (Å²) >= 11 is 1.94. The Balaban J connectivity index is 0.00000169. The van der Waals surface area contributed by atoms with Gasteiger partial charge in [0.05, 0.1) is 0 Å². The maximum absolute atomic E-state index is 12.2. The predicted octanol–water partition coefficient (Wildman–Crippen LogP) is 2.42. The van der Waals surface area contributed by atoms with Gasteiger partial charge < -0.3 is 19.6 Å². The summed E-state index contributed by atoms with van der Waals surface area (Å²) in [5, 5.41) is 3.61. The van der Waals surface area contributed by atoms with E-state index in [1.54, 1.807) is 31.6 Å². The SMILES string of the molecule is Cn1cc(-c2c[c-]cc3c2OC(I)C(=O)N3)c2cc[nH]c2c1=O.[Re]. The third kappa shape index (κ3) is 2.59. The predicted molar refractivity (Wildman–Crippen MR) is 94.9 cm³/mol. The summed E-state index contributed by atoms with van der Waals surface area (Å²) in [6, 6.07) is 8.35. The summed E-state index contributed by atoms with van der Waals surface area (Å²) in [5.74, 6) is 0.389. The largest absolute Gasteiger partial charge is 0.493 e. The van der Waals surface area contributed by atoms with Gasteiger partial charge in [-0.15, -0.1) is 0 Å². The molecule has 2 N–H and O–H groups in total. The fourth-order valence-electron chi connectivity index (χ4n) is 2.73. The van der Waals surface area contributed by atoms with Gasteiger partial charge in [0.25, 0.3) is 11.5 Å². The van der Waals surface area contributed by atoms with E-state index < -0.39 is 4.11 Å². The maximum Gasteiger partial charge on any atom is 0.274 e. The van der Waals surface area contributed by atoms with Gasteiger partial charge in [-0.05, 0) is 39.9 Å². The number of nitrogens with one attached hydrogen (secondary N) is 2. The Hall–Kier alpha value is -1.63. The fourth-order valence-corrected chi connectivity index (χ4v) is 3.14. The van der Waals surface area contributed by atoms with Gasteiger partial charge in [-0.3, -0.25) is 9.59 Å². The van der Waals surface area contributed by atoms with Crippen LogP contribution in [0.3, 0.4) is 0 Å². The van der Waals surface area contributed by atoms with Crippen LogP contribution in [-0.4, -0.2) is 19.6 Å². The van der Waals surface area contributed by atoms with Crippen LogP contribution in [0.5, 0.6) is 5.75 Å². The Morgan fingerprint density at radius 2 is 2.08 bits per heavy atom. The summed E-state index contributed by atoms with van der Waals surface area (Å²) in [7, 11) is 1.70. The molecule has 123 valence electrons. The van der Waals surface area contributed by atoms with E-state index in [4.69, 9.17) is 4.74 Å². The van der Waals surface area contributed by atoms with Crippen molar-refractivity contribution in [2.45, 2.75) is 4.11 Å². The number of hydrogen-bond acceptors (Lipinski definition) is 3. The van der Waals surface area contributed by atoms with Crippen molar-refractivity contribution in [1.82, 2.24) is 9.55 Å². The Kier molecular flexibility index (Phi) is 4.55. The van der Waals surface area contributed by atoms with E-state index in [2.05, 4.69) is 16.4 Å². The molecule has 0 spiro atoms. The van der Waals surface area contributed by atoms with Crippen molar-refractivity contribution in [3.05, 3.63) is 47.0 Å². The minimum absolute atomic E-state index is 0. The summed E-state index contributed by atoms with van der Waals surface area (Å²) < 4.78 is 6.71. The number of carbonyl (C=O) groups excluding carboxylic acids is 1. The van der Waals surface area contributed by atoms with Crippen LogP contribution in [0.2, 0.25) is 0 Å². The summed E-state index contributed by atoms with van der Waals surface area (Å²) in [5.41, 5.74) is 2.65. The molecule has 0 aliphatic carbocycles. The molecule has 0 saturated carbocycles. The van der Waals surface area contributed by atoms with Crippen molar-refractivity contribution in [3.8, 4) is 16.9 Å². The van der Waals surface area contributed by atoms with Gasteiger partial charge in [0, 0.05) is 51.0 Å². The van der Waals surface area contributed by atoms with E-state index in [0.717, 1.165) is 16.5 Å². The third-order valence-electron chi connectivity index (χ3n) is 3.81. The molecule has 1 unspecified atom stereocenters. The van der Waals surface area contributed by atoms with Crippen LogP contribution < -0.4 is 15.6 Å². The molecule has 1 aromatic carbocycles. The molecule has 3 heterocycles. The molecule has 0 bridgehead atoms. The number of anilines is 1. The number of pyridine rings is 1. The average Bonchev–Trinajstić information content (AvgIpc) is 3.01. The van der Waals surface area contributed by atoms with Crippen LogP contribution in [0.25, 0.3) is 22.0 Å². The summed E-state index contributed by atoms with van der Waals surface area (Å²) in [6.45, 7) is 0. The van der Waals surface area contributed by atoms with Gasteiger partial charge in [-0.25, -0.2) is 0 Å². The fraction of sp³-hybridized carbons (Fsp3) is 0.125. The number of aryl methyl sites for hydroxylation is 1. The van der Waals surface area contributed by atoms with E-state index >= 15 is 0 Å². The number of aromatic amines is 1. The number of hydrogen-bond donors (Lipinski definition) is 2. The van der Waals surface area contributed by atoms with Crippen molar-refractivity contribution < 1.29 is 30.0 Å². The van der Waals surface area contributed by atoms with Gasteiger partial charge in [-0.2, -0.15) is 18.2 Å². The Labute approximate surface area is 164 Å². The molecule has 1 amide bonds. The maximum atomic E-state index is 12.2. The van der Waals surface area contributed by atoms with Gasteiger partial charge in [-0.1, -0.05) is 5.56 Å². The van der Waals surface area contributed by atoms with Crippen LogP contribution in [0.4, 0.5) is 5.69 Å². The smallest absolute Gasteiger partial charge is 0.274 e. The number of H-pyrrole nitrogens is 1. The molecule has 3 aromatic rings. The first-order chi connectivity index (χ1) is 11.1. The molecule has 0 fully saturated rings. The van der Waals surface area contributed by atoms with Gasteiger partial charge in [0.1, 0.15) is 5.52 Å². The number of nitrogens with zero attached hydrogens (tertiary/aromatic N) is 1. The van der Waals surface area contributed by atoms with Crippen LogP contribution in [0, 0.1) is 6.07 Å². The second kappa shape index (κ2) is 6.35. The van der Waals surface area contributed by atoms with Crippen LogP contribution in [0.15, 0.2) is 35.4 Å². The number of halogens is 1. The van der Waals surface area contributed by atoms with E-state index in [1.165, 1.54) is 4.57 Å². The molecular formula is C16H11IN3O3Re-. The van der Waals surface area contributed by atoms with Crippen molar-refractivity contribution in [2.75, 3.05) is 5.32 Å². The zero-order valence-corrected chi connectivity index (χ0v) is 17.3. The van der Waals surface area contributed by atoms with Crippen LogP contribution in [-0.2, 0) is 32.3 Å². The number of carbonyl (C=O) groups is 1. The molecule has 24 heavy (non-hydrogen) atoms. The number of benzene rings is 1.